The van der Waals surface area contributed by atoms with E-state index in [4.69, 9.17) is 4.74 Å². The SMILES string of the molecule is COCCCC(C)(C(=O)O)n1nnc(C2CCCS2)n1. The van der Waals surface area contributed by atoms with E-state index < -0.39 is 11.5 Å². The van der Waals surface area contributed by atoms with Crippen molar-refractivity contribution >= 4 is 17.7 Å². The van der Waals surface area contributed by atoms with E-state index in [-0.39, 0.29) is 5.25 Å². The molecule has 2 rings (SSSR count). The van der Waals surface area contributed by atoms with Crippen LogP contribution in [-0.4, -0.2) is 50.8 Å². The van der Waals surface area contributed by atoms with Crippen molar-refractivity contribution in [1.29, 1.82) is 0 Å². The van der Waals surface area contributed by atoms with Crippen LogP contribution in [0.25, 0.3) is 0 Å². The van der Waals surface area contributed by atoms with Crippen LogP contribution in [0, 0.1) is 0 Å². The van der Waals surface area contributed by atoms with Crippen molar-refractivity contribution in [2.24, 2.45) is 0 Å². The van der Waals surface area contributed by atoms with Gasteiger partial charge in [-0.05, 0) is 43.6 Å². The molecule has 0 aliphatic carbocycles. The highest BCUT2D eigenvalue weighted by molar-refractivity contribution is 7.99. The van der Waals surface area contributed by atoms with Crippen LogP contribution >= 0.6 is 11.8 Å². The van der Waals surface area contributed by atoms with Gasteiger partial charge in [-0.2, -0.15) is 11.8 Å². The number of aromatic nitrogens is 4. The minimum Gasteiger partial charge on any atom is -0.479 e. The fourth-order valence-corrected chi connectivity index (χ4v) is 3.39. The lowest BCUT2D eigenvalue weighted by molar-refractivity contribution is -0.148. The summed E-state index contributed by atoms with van der Waals surface area (Å²) in [6, 6.07) is 0. The lowest BCUT2D eigenvalue weighted by Crippen LogP contribution is -2.41. The summed E-state index contributed by atoms with van der Waals surface area (Å²) in [7, 11) is 1.60. The Morgan fingerprint density at radius 2 is 2.45 bits per heavy atom. The summed E-state index contributed by atoms with van der Waals surface area (Å²) in [6.45, 7) is 2.14. The summed E-state index contributed by atoms with van der Waals surface area (Å²) in [5, 5.41) is 22.1. The van der Waals surface area contributed by atoms with Crippen LogP contribution in [0.4, 0.5) is 0 Å². The average molecular weight is 300 g/mol. The molecular formula is C12H20N4O3S. The highest BCUT2D eigenvalue weighted by Gasteiger charge is 2.38. The minimum atomic E-state index is -1.17. The first-order chi connectivity index (χ1) is 9.58. The molecule has 2 unspecified atom stereocenters. The van der Waals surface area contributed by atoms with Crippen LogP contribution < -0.4 is 0 Å². The van der Waals surface area contributed by atoms with Gasteiger partial charge in [0.15, 0.2) is 11.4 Å². The molecule has 112 valence electrons. The van der Waals surface area contributed by atoms with E-state index in [0.717, 1.165) is 18.6 Å². The van der Waals surface area contributed by atoms with Crippen molar-refractivity contribution in [2.45, 2.75) is 43.4 Å². The number of carboxylic acid groups (broad SMARTS) is 1. The van der Waals surface area contributed by atoms with Crippen LogP contribution in [0.1, 0.15) is 43.7 Å². The molecule has 0 spiro atoms. The molecule has 1 N–H and O–H groups in total. The smallest absolute Gasteiger partial charge is 0.333 e. The average Bonchev–Trinajstić information content (AvgIpc) is 3.09. The summed E-state index contributed by atoms with van der Waals surface area (Å²) in [6.07, 6.45) is 3.22. The molecule has 2 heterocycles. The van der Waals surface area contributed by atoms with Crippen LogP contribution in [0.2, 0.25) is 0 Å². The Labute approximate surface area is 122 Å². The molecule has 7 nitrogen and oxygen atoms in total. The second kappa shape index (κ2) is 6.53. The zero-order valence-corrected chi connectivity index (χ0v) is 12.6. The van der Waals surface area contributed by atoms with Gasteiger partial charge in [0.1, 0.15) is 0 Å². The Kier molecular flexibility index (Phi) is 4.98. The van der Waals surface area contributed by atoms with E-state index in [9.17, 15) is 9.90 Å². The Morgan fingerprint density at radius 3 is 3.05 bits per heavy atom. The van der Waals surface area contributed by atoms with Gasteiger partial charge in [-0.25, -0.2) is 4.79 Å². The first-order valence-corrected chi connectivity index (χ1v) is 7.77. The highest BCUT2D eigenvalue weighted by Crippen LogP contribution is 2.38. The number of aliphatic carboxylic acids is 1. The van der Waals surface area contributed by atoms with Gasteiger partial charge in [0.25, 0.3) is 0 Å². The van der Waals surface area contributed by atoms with E-state index >= 15 is 0 Å². The van der Waals surface area contributed by atoms with Crippen molar-refractivity contribution in [3.05, 3.63) is 5.82 Å². The third-order valence-corrected chi connectivity index (χ3v) is 4.93. The Bertz CT molecular complexity index is 461. The predicted octanol–water partition coefficient (Wildman–Crippen LogP) is 1.47. The van der Waals surface area contributed by atoms with Crippen LogP contribution in [0.3, 0.4) is 0 Å². The molecule has 0 radical (unpaired) electrons. The fraction of sp³-hybridized carbons (Fsp3) is 0.833. The minimum absolute atomic E-state index is 0.251. The van der Waals surface area contributed by atoms with Crippen molar-refractivity contribution in [3.63, 3.8) is 0 Å². The summed E-state index contributed by atoms with van der Waals surface area (Å²) >= 11 is 1.80. The van der Waals surface area contributed by atoms with Gasteiger partial charge in [-0.3, -0.25) is 0 Å². The number of ether oxygens (including phenoxy) is 1. The molecule has 8 heteroatoms. The topological polar surface area (TPSA) is 90.1 Å². The quantitative estimate of drug-likeness (QED) is 0.762. The summed E-state index contributed by atoms with van der Waals surface area (Å²) < 4.78 is 4.98. The van der Waals surface area contributed by atoms with E-state index in [1.54, 1.807) is 25.8 Å². The van der Waals surface area contributed by atoms with Crippen LogP contribution in [0.5, 0.6) is 0 Å². The number of rotatable bonds is 7. The lowest BCUT2D eigenvalue weighted by Gasteiger charge is -2.22. The van der Waals surface area contributed by atoms with Crippen LogP contribution in [0.15, 0.2) is 0 Å². The first kappa shape index (κ1) is 15.2. The maximum absolute atomic E-state index is 11.6. The molecule has 1 aromatic heterocycles. The third-order valence-electron chi connectivity index (χ3n) is 3.56. The van der Waals surface area contributed by atoms with Crippen molar-refractivity contribution in [1.82, 2.24) is 20.2 Å². The molecule has 20 heavy (non-hydrogen) atoms. The standard InChI is InChI=1S/C12H20N4O3S/c1-12(11(17)18,6-4-7-19-2)16-14-10(13-15-16)9-5-3-8-20-9/h9H,3-8H2,1-2H3,(H,17,18). The van der Waals surface area contributed by atoms with E-state index in [1.807, 2.05) is 0 Å². The van der Waals surface area contributed by atoms with Gasteiger partial charge in [-0.15, -0.1) is 15.0 Å². The number of hydrogen-bond donors (Lipinski definition) is 1. The number of thioether (sulfide) groups is 1. The summed E-state index contributed by atoms with van der Waals surface area (Å²) in [4.78, 5) is 12.8. The van der Waals surface area contributed by atoms with Gasteiger partial charge in [0.05, 0.1) is 5.25 Å². The lowest BCUT2D eigenvalue weighted by atomic mass is 9.97. The van der Waals surface area contributed by atoms with Crippen molar-refractivity contribution < 1.29 is 14.6 Å². The Balaban J connectivity index is 2.14. The summed E-state index contributed by atoms with van der Waals surface area (Å²) in [5.41, 5.74) is -1.17. The maximum Gasteiger partial charge on any atom is 0.333 e. The number of hydrogen-bond acceptors (Lipinski definition) is 6. The number of tetrazole rings is 1. The number of methoxy groups -OCH3 is 1. The molecule has 1 aliphatic rings. The van der Waals surface area contributed by atoms with Gasteiger partial charge in [-0.1, -0.05) is 0 Å². The van der Waals surface area contributed by atoms with E-state index in [0.29, 0.717) is 25.3 Å². The fourth-order valence-electron chi connectivity index (χ4n) is 2.20. The van der Waals surface area contributed by atoms with Crippen molar-refractivity contribution in [3.8, 4) is 0 Å². The molecule has 1 fully saturated rings. The zero-order valence-electron chi connectivity index (χ0n) is 11.8. The Morgan fingerprint density at radius 1 is 1.65 bits per heavy atom. The molecule has 0 bridgehead atoms. The van der Waals surface area contributed by atoms with E-state index in [2.05, 4.69) is 15.4 Å². The van der Waals surface area contributed by atoms with Crippen LogP contribution in [-0.2, 0) is 15.1 Å². The molecule has 1 saturated heterocycles. The monoisotopic (exact) mass is 300 g/mol. The van der Waals surface area contributed by atoms with Gasteiger partial charge >= 0.3 is 5.97 Å². The third kappa shape index (κ3) is 3.12. The highest BCUT2D eigenvalue weighted by atomic mass is 32.2. The molecule has 1 aliphatic heterocycles. The molecule has 0 saturated carbocycles. The summed E-state index contributed by atoms with van der Waals surface area (Å²) in [5.74, 6) is 0.798. The number of carboxylic acids is 1. The van der Waals surface area contributed by atoms with Crippen molar-refractivity contribution in [2.75, 3.05) is 19.5 Å². The molecule has 2 atom stereocenters. The zero-order chi connectivity index (χ0) is 14.6. The predicted molar refractivity (Wildman–Crippen MR) is 74.6 cm³/mol. The van der Waals surface area contributed by atoms with Gasteiger partial charge < -0.3 is 9.84 Å². The normalized spacial score (nSPS) is 21.8. The Hall–Kier alpha value is -1.15. The van der Waals surface area contributed by atoms with E-state index in [1.165, 1.54) is 4.80 Å². The number of carbonyl (C=O) groups is 1. The largest absolute Gasteiger partial charge is 0.479 e. The van der Waals surface area contributed by atoms with Gasteiger partial charge in [0.2, 0.25) is 0 Å². The molecule has 0 aromatic carbocycles. The van der Waals surface area contributed by atoms with Gasteiger partial charge in [0, 0.05) is 13.7 Å². The molecule has 0 amide bonds. The second-order valence-electron chi connectivity index (χ2n) is 5.11. The molecule has 1 aromatic rings. The molecular weight excluding hydrogens is 280 g/mol. The maximum atomic E-state index is 11.6. The second-order valence-corrected chi connectivity index (χ2v) is 6.42. The number of nitrogens with zero attached hydrogens (tertiary/aromatic N) is 4. The first-order valence-electron chi connectivity index (χ1n) is 6.72.